The molecule has 2 aromatic rings. The second kappa shape index (κ2) is 13.2. The van der Waals surface area contributed by atoms with Crippen LogP contribution in [0.2, 0.25) is 0 Å². The van der Waals surface area contributed by atoms with E-state index in [9.17, 15) is 10.1 Å². The first kappa shape index (κ1) is 28.0. The van der Waals surface area contributed by atoms with E-state index in [0.29, 0.717) is 23.1 Å². The van der Waals surface area contributed by atoms with Crippen molar-refractivity contribution in [1.82, 2.24) is 4.90 Å². The summed E-state index contributed by atoms with van der Waals surface area (Å²) in [5.41, 5.74) is 2.34. The van der Waals surface area contributed by atoms with Crippen LogP contribution in [0.3, 0.4) is 0 Å². The molecule has 2 saturated carbocycles. The molecule has 0 spiro atoms. The van der Waals surface area contributed by atoms with Crippen LogP contribution in [-0.4, -0.2) is 28.1 Å². The number of ether oxygens (including phenoxy) is 1. The third kappa shape index (κ3) is 6.58. The van der Waals surface area contributed by atoms with Gasteiger partial charge >= 0.3 is 0 Å². The van der Waals surface area contributed by atoms with Crippen molar-refractivity contribution < 1.29 is 9.53 Å². The van der Waals surface area contributed by atoms with Gasteiger partial charge in [-0.05, 0) is 107 Å². The van der Waals surface area contributed by atoms with Gasteiger partial charge in [0.2, 0.25) is 0 Å². The second-order valence-electron chi connectivity index (χ2n) is 10.1. The summed E-state index contributed by atoms with van der Waals surface area (Å²) in [6.07, 6.45) is 13.7. The van der Waals surface area contributed by atoms with Crippen molar-refractivity contribution in [2.45, 2.75) is 82.9 Å². The van der Waals surface area contributed by atoms with Crippen molar-refractivity contribution in [2.24, 2.45) is 4.99 Å². The van der Waals surface area contributed by atoms with E-state index < -0.39 is 0 Å². The number of nitriles is 1. The lowest BCUT2D eigenvalue weighted by molar-refractivity contribution is -0.124. The fourth-order valence-corrected chi connectivity index (χ4v) is 8.64. The number of hydrogen-bond donors (Lipinski definition) is 0. The average molecular weight is 751 g/mol. The summed E-state index contributed by atoms with van der Waals surface area (Å²) in [5.74, 6) is 0.813. The van der Waals surface area contributed by atoms with Crippen molar-refractivity contribution >= 4 is 74.1 Å². The first-order valence-corrected chi connectivity index (χ1v) is 16.4. The van der Waals surface area contributed by atoms with Crippen LogP contribution in [0.4, 0.5) is 0 Å². The fraction of sp³-hybridized carbons (Fsp3) is 0.433. The van der Waals surface area contributed by atoms with Gasteiger partial charge in [0.1, 0.15) is 12.4 Å². The van der Waals surface area contributed by atoms with Crippen molar-refractivity contribution in [3.05, 3.63) is 65.1 Å². The zero-order valence-corrected chi connectivity index (χ0v) is 26.4. The van der Waals surface area contributed by atoms with Gasteiger partial charge in [0.15, 0.2) is 5.17 Å². The quantitative estimate of drug-likeness (QED) is 0.220. The Hall–Kier alpha value is -1.58. The fourth-order valence-electron chi connectivity index (χ4n) is 5.49. The van der Waals surface area contributed by atoms with Gasteiger partial charge in [0.25, 0.3) is 5.91 Å². The van der Waals surface area contributed by atoms with Crippen molar-refractivity contribution in [1.29, 1.82) is 5.26 Å². The molecule has 1 aliphatic heterocycles. The molecule has 1 amide bonds. The van der Waals surface area contributed by atoms with E-state index >= 15 is 0 Å². The molecular weight excluding hydrogens is 720 g/mol. The first-order chi connectivity index (χ1) is 18.5. The predicted molar refractivity (Wildman–Crippen MR) is 171 cm³/mol. The maximum atomic E-state index is 13.9. The lowest BCUT2D eigenvalue weighted by Gasteiger charge is -2.31. The highest BCUT2D eigenvalue weighted by Crippen LogP contribution is 2.40. The van der Waals surface area contributed by atoms with Gasteiger partial charge in [-0.1, -0.05) is 56.7 Å². The van der Waals surface area contributed by atoms with Crippen molar-refractivity contribution in [3.63, 3.8) is 0 Å². The number of rotatable bonds is 6. The maximum absolute atomic E-state index is 13.9. The summed E-state index contributed by atoms with van der Waals surface area (Å²) in [6.45, 7) is 0.292. The number of benzene rings is 2. The molecule has 2 aliphatic carbocycles. The van der Waals surface area contributed by atoms with E-state index in [1.54, 1.807) is 6.07 Å². The number of carbonyl (C=O) groups excluding carboxylic acids is 1. The normalized spacial score (nSPS) is 21.3. The number of thioether (sulfide) groups is 1. The number of amidine groups is 1. The zero-order chi connectivity index (χ0) is 26.5. The van der Waals surface area contributed by atoms with Crippen LogP contribution in [0, 0.1) is 18.5 Å². The molecule has 0 atom stereocenters. The van der Waals surface area contributed by atoms with Crippen LogP contribution in [0.1, 0.15) is 80.9 Å². The van der Waals surface area contributed by atoms with E-state index in [4.69, 9.17) is 9.73 Å². The Labute approximate surface area is 256 Å². The highest BCUT2D eigenvalue weighted by Gasteiger charge is 2.39. The number of nitrogens with zero attached hydrogens (tertiary/aromatic N) is 3. The number of aliphatic imine (C=N–C) groups is 1. The molecule has 198 valence electrons. The number of amides is 1. The van der Waals surface area contributed by atoms with Crippen LogP contribution in [-0.2, 0) is 11.4 Å². The highest BCUT2D eigenvalue weighted by atomic mass is 127. The smallest absolute Gasteiger partial charge is 0.267 e. The first-order valence-electron chi connectivity index (χ1n) is 13.4. The Morgan fingerprint density at radius 3 is 2.50 bits per heavy atom. The molecule has 8 heteroatoms. The highest BCUT2D eigenvalue weighted by molar-refractivity contribution is 14.1. The van der Waals surface area contributed by atoms with E-state index in [0.717, 1.165) is 54.9 Å². The van der Waals surface area contributed by atoms with Crippen LogP contribution in [0.5, 0.6) is 5.75 Å². The maximum Gasteiger partial charge on any atom is 0.267 e. The summed E-state index contributed by atoms with van der Waals surface area (Å²) < 4.78 is 8.38. The Balaban J connectivity index is 1.46. The van der Waals surface area contributed by atoms with Crippen molar-refractivity contribution in [3.8, 4) is 11.8 Å². The molecule has 0 aromatic heterocycles. The largest absolute Gasteiger partial charge is 0.487 e. The Morgan fingerprint density at radius 1 is 1.05 bits per heavy atom. The molecule has 38 heavy (non-hydrogen) atoms. The van der Waals surface area contributed by atoms with Gasteiger partial charge in [0.05, 0.1) is 26.1 Å². The number of halogens is 2. The van der Waals surface area contributed by atoms with Gasteiger partial charge in [0, 0.05) is 20.7 Å². The van der Waals surface area contributed by atoms with Crippen LogP contribution in [0.25, 0.3) is 6.08 Å². The molecule has 0 radical (unpaired) electrons. The molecule has 5 rings (SSSR count). The Morgan fingerprint density at radius 2 is 1.76 bits per heavy atom. The lowest BCUT2D eigenvalue weighted by Crippen LogP contribution is -2.41. The van der Waals surface area contributed by atoms with Gasteiger partial charge in [-0.2, -0.15) is 5.26 Å². The van der Waals surface area contributed by atoms with Gasteiger partial charge < -0.3 is 4.74 Å². The molecule has 3 fully saturated rings. The molecule has 3 aliphatic rings. The standard InChI is InChI=1S/C30H31I2N3O2S/c31-23-15-22(28(26(32)17-23)37-19-21-10-8-7-9-20(21)18-33)16-27-29(36)35(25-13-5-2-6-14-25)30(38-27)34-24-11-3-1-4-12-24/h7-10,15-17,24-25H,1-6,11-14,19H2. The van der Waals surface area contributed by atoms with E-state index in [1.165, 1.54) is 50.3 Å². The minimum absolute atomic E-state index is 0.0751. The minimum atomic E-state index is 0.0751. The molecule has 0 N–H and O–H groups in total. The topological polar surface area (TPSA) is 65.7 Å². The summed E-state index contributed by atoms with van der Waals surface area (Å²) in [7, 11) is 0. The minimum Gasteiger partial charge on any atom is -0.487 e. The molecule has 0 unspecified atom stereocenters. The summed E-state index contributed by atoms with van der Waals surface area (Å²) >= 11 is 6.14. The zero-order valence-electron chi connectivity index (χ0n) is 21.3. The van der Waals surface area contributed by atoms with Gasteiger partial charge in [-0.15, -0.1) is 0 Å². The van der Waals surface area contributed by atoms with Crippen LogP contribution < -0.4 is 4.74 Å². The lowest BCUT2D eigenvalue weighted by atomic mass is 9.94. The predicted octanol–water partition coefficient (Wildman–Crippen LogP) is 8.28. The third-order valence-electron chi connectivity index (χ3n) is 7.48. The molecular formula is C30H31I2N3O2S. The molecule has 1 heterocycles. The summed E-state index contributed by atoms with van der Waals surface area (Å²) in [5, 5.41) is 10.4. The van der Waals surface area contributed by atoms with E-state index in [1.807, 2.05) is 29.2 Å². The summed E-state index contributed by atoms with van der Waals surface area (Å²) in [4.78, 5) is 21.8. The average Bonchev–Trinajstić information content (AvgIpc) is 3.23. The molecule has 5 nitrogen and oxygen atoms in total. The summed E-state index contributed by atoms with van der Waals surface area (Å²) in [6, 6.07) is 14.5. The monoisotopic (exact) mass is 751 g/mol. The Bertz CT molecular complexity index is 1290. The second-order valence-corrected chi connectivity index (χ2v) is 13.6. The van der Waals surface area contributed by atoms with Gasteiger partial charge in [-0.25, -0.2) is 0 Å². The third-order valence-corrected chi connectivity index (χ3v) is 9.90. The van der Waals surface area contributed by atoms with Crippen molar-refractivity contribution in [2.75, 3.05) is 0 Å². The molecule has 2 aromatic carbocycles. The van der Waals surface area contributed by atoms with Gasteiger partial charge in [-0.3, -0.25) is 14.7 Å². The molecule has 0 bridgehead atoms. The number of carbonyl (C=O) groups is 1. The van der Waals surface area contributed by atoms with Crippen LogP contribution >= 0.6 is 56.9 Å². The SMILES string of the molecule is N#Cc1ccccc1COc1c(I)cc(I)cc1C=C1SC(=NC2CCCCC2)N(C2CCCCC2)C1=O. The Kier molecular flexibility index (Phi) is 9.70. The van der Waals surface area contributed by atoms with E-state index in [-0.39, 0.29) is 11.9 Å². The number of hydrogen-bond acceptors (Lipinski definition) is 5. The van der Waals surface area contributed by atoms with E-state index in [2.05, 4.69) is 63.4 Å². The molecule has 1 saturated heterocycles. The van der Waals surface area contributed by atoms with Crippen LogP contribution in [0.15, 0.2) is 46.3 Å².